The lowest BCUT2D eigenvalue weighted by atomic mass is 10.0. The molecule has 27 heavy (non-hydrogen) atoms. The first-order valence-corrected chi connectivity index (χ1v) is 8.19. The Kier molecular flexibility index (Phi) is 8.64. The molecular weight excluding hydrogens is 356 g/mol. The number of non-ortho nitro benzene ring substituents is 1. The van der Waals surface area contributed by atoms with Crippen molar-refractivity contribution in [2.75, 3.05) is 13.7 Å². The number of esters is 2. The lowest BCUT2D eigenvalue weighted by Gasteiger charge is -2.18. The van der Waals surface area contributed by atoms with Gasteiger partial charge in [0, 0.05) is 18.2 Å². The molecule has 0 aliphatic heterocycles. The number of ether oxygens (including phenoxy) is 2. The predicted molar refractivity (Wildman–Crippen MR) is 96.5 cm³/mol. The van der Waals surface area contributed by atoms with Crippen LogP contribution in [0.25, 0.3) is 6.08 Å². The van der Waals surface area contributed by atoms with Crippen LogP contribution in [0.4, 0.5) is 5.69 Å². The zero-order valence-corrected chi connectivity index (χ0v) is 15.3. The Morgan fingerprint density at radius 1 is 1.22 bits per heavy atom. The van der Waals surface area contributed by atoms with Gasteiger partial charge in [-0.15, -0.1) is 0 Å². The average molecular weight is 378 g/mol. The van der Waals surface area contributed by atoms with Crippen LogP contribution in [0.3, 0.4) is 0 Å². The molecule has 1 amide bonds. The second-order valence-electron chi connectivity index (χ2n) is 6.06. The number of nitrogens with zero attached hydrogens (tertiary/aromatic N) is 1. The van der Waals surface area contributed by atoms with Crippen molar-refractivity contribution < 1.29 is 28.8 Å². The van der Waals surface area contributed by atoms with E-state index >= 15 is 0 Å². The number of hydrogen-bond donors (Lipinski definition) is 1. The van der Waals surface area contributed by atoms with Crippen LogP contribution in [0.1, 0.15) is 25.8 Å². The Balaban J connectivity index is 2.51. The Bertz CT molecular complexity index is 711. The van der Waals surface area contributed by atoms with Crippen LogP contribution in [0.5, 0.6) is 0 Å². The molecule has 1 aromatic carbocycles. The number of rotatable bonds is 9. The minimum absolute atomic E-state index is 0.0621. The molecule has 1 aromatic rings. The monoisotopic (exact) mass is 378 g/mol. The van der Waals surface area contributed by atoms with Gasteiger partial charge in [0.1, 0.15) is 6.04 Å². The van der Waals surface area contributed by atoms with E-state index in [1.54, 1.807) is 0 Å². The third kappa shape index (κ3) is 8.13. The smallest absolute Gasteiger partial charge is 0.331 e. The summed E-state index contributed by atoms with van der Waals surface area (Å²) in [5.41, 5.74) is 0.498. The lowest BCUT2D eigenvalue weighted by molar-refractivity contribution is -0.384. The van der Waals surface area contributed by atoms with Crippen molar-refractivity contribution in [3.8, 4) is 0 Å². The van der Waals surface area contributed by atoms with Crippen LogP contribution in [0.15, 0.2) is 30.3 Å². The third-order valence-corrected chi connectivity index (χ3v) is 3.39. The largest absolute Gasteiger partial charge is 0.467 e. The van der Waals surface area contributed by atoms with E-state index in [0.29, 0.717) is 12.0 Å². The maximum absolute atomic E-state index is 11.9. The molecule has 0 saturated carbocycles. The Labute approximate surface area is 156 Å². The number of hydrogen-bond acceptors (Lipinski definition) is 7. The summed E-state index contributed by atoms with van der Waals surface area (Å²) < 4.78 is 9.44. The van der Waals surface area contributed by atoms with Crippen molar-refractivity contribution in [1.29, 1.82) is 0 Å². The Morgan fingerprint density at radius 2 is 1.85 bits per heavy atom. The predicted octanol–water partition coefficient (Wildman–Crippen LogP) is 1.86. The minimum atomic E-state index is -0.808. The van der Waals surface area contributed by atoms with E-state index in [2.05, 4.69) is 10.1 Å². The summed E-state index contributed by atoms with van der Waals surface area (Å²) in [6.07, 6.45) is 2.90. The fourth-order valence-corrected chi connectivity index (χ4v) is 2.12. The van der Waals surface area contributed by atoms with Gasteiger partial charge in [-0.2, -0.15) is 0 Å². The summed E-state index contributed by atoms with van der Waals surface area (Å²) >= 11 is 0. The second-order valence-corrected chi connectivity index (χ2v) is 6.06. The highest BCUT2D eigenvalue weighted by molar-refractivity contribution is 5.90. The molecule has 0 aromatic heterocycles. The molecule has 1 atom stereocenters. The van der Waals surface area contributed by atoms with Crippen LogP contribution >= 0.6 is 0 Å². The molecule has 0 saturated heterocycles. The fraction of sp³-hybridized carbons (Fsp3) is 0.389. The van der Waals surface area contributed by atoms with Crippen LogP contribution in [0, 0.1) is 16.0 Å². The van der Waals surface area contributed by atoms with Gasteiger partial charge in [0.2, 0.25) is 0 Å². The molecule has 0 heterocycles. The number of nitrogens with one attached hydrogen (secondary N) is 1. The Morgan fingerprint density at radius 3 is 2.37 bits per heavy atom. The number of benzene rings is 1. The van der Waals surface area contributed by atoms with Crippen molar-refractivity contribution in [2.24, 2.45) is 5.92 Å². The van der Waals surface area contributed by atoms with E-state index in [-0.39, 0.29) is 11.6 Å². The van der Waals surface area contributed by atoms with Gasteiger partial charge in [-0.05, 0) is 36.1 Å². The topological polar surface area (TPSA) is 125 Å². The quantitative estimate of drug-likeness (QED) is 0.301. The summed E-state index contributed by atoms with van der Waals surface area (Å²) in [6, 6.07) is 4.75. The van der Waals surface area contributed by atoms with Gasteiger partial charge in [0.05, 0.1) is 12.0 Å². The molecule has 0 fully saturated rings. The van der Waals surface area contributed by atoms with E-state index in [4.69, 9.17) is 4.74 Å². The Hall–Kier alpha value is -3.23. The normalized spacial score (nSPS) is 11.9. The summed E-state index contributed by atoms with van der Waals surface area (Å²) in [5.74, 6) is -1.80. The molecule has 0 aliphatic rings. The first-order chi connectivity index (χ1) is 12.7. The van der Waals surface area contributed by atoms with Crippen molar-refractivity contribution in [1.82, 2.24) is 5.32 Å². The summed E-state index contributed by atoms with van der Waals surface area (Å²) in [4.78, 5) is 45.2. The van der Waals surface area contributed by atoms with Crippen molar-refractivity contribution in [2.45, 2.75) is 26.3 Å². The first kappa shape index (κ1) is 21.8. The SMILES string of the molecule is COC(=O)[C@H](CC(C)C)NC(=O)COC(=O)/C=C/c1ccc([N+](=O)[O-])cc1. The van der Waals surface area contributed by atoms with Crippen LogP contribution in [0.2, 0.25) is 0 Å². The zero-order valence-electron chi connectivity index (χ0n) is 15.3. The summed E-state index contributed by atoms with van der Waals surface area (Å²) in [7, 11) is 1.23. The van der Waals surface area contributed by atoms with E-state index in [1.807, 2.05) is 13.8 Å². The average Bonchev–Trinajstić information content (AvgIpc) is 2.63. The van der Waals surface area contributed by atoms with E-state index in [0.717, 1.165) is 6.08 Å². The minimum Gasteiger partial charge on any atom is -0.467 e. The van der Waals surface area contributed by atoms with E-state index in [9.17, 15) is 24.5 Å². The maximum atomic E-state index is 11.9. The van der Waals surface area contributed by atoms with Gasteiger partial charge >= 0.3 is 11.9 Å². The fourth-order valence-electron chi connectivity index (χ4n) is 2.12. The third-order valence-electron chi connectivity index (χ3n) is 3.39. The number of amides is 1. The molecule has 0 radical (unpaired) electrons. The highest BCUT2D eigenvalue weighted by Gasteiger charge is 2.22. The molecule has 1 rings (SSSR count). The molecule has 9 heteroatoms. The molecule has 1 N–H and O–H groups in total. The number of carbonyl (C=O) groups excluding carboxylic acids is 3. The van der Waals surface area contributed by atoms with Crippen molar-refractivity contribution in [3.05, 3.63) is 46.0 Å². The number of carbonyl (C=O) groups is 3. The van der Waals surface area contributed by atoms with Crippen LogP contribution < -0.4 is 5.32 Å². The van der Waals surface area contributed by atoms with Gasteiger partial charge in [0.15, 0.2) is 6.61 Å². The van der Waals surface area contributed by atoms with Gasteiger partial charge < -0.3 is 14.8 Å². The molecular formula is C18H22N2O7. The summed E-state index contributed by atoms with van der Waals surface area (Å²) in [5, 5.41) is 13.0. The summed E-state index contributed by atoms with van der Waals surface area (Å²) in [6.45, 7) is 3.24. The number of methoxy groups -OCH3 is 1. The molecule has 0 spiro atoms. The van der Waals surface area contributed by atoms with E-state index in [1.165, 1.54) is 37.5 Å². The number of nitro benzene ring substituents is 1. The lowest BCUT2D eigenvalue weighted by Crippen LogP contribution is -2.44. The van der Waals surface area contributed by atoms with Crippen molar-refractivity contribution >= 4 is 29.6 Å². The highest BCUT2D eigenvalue weighted by atomic mass is 16.6. The van der Waals surface area contributed by atoms with Gasteiger partial charge in [-0.1, -0.05) is 13.8 Å². The molecule has 0 bridgehead atoms. The van der Waals surface area contributed by atoms with Crippen molar-refractivity contribution in [3.63, 3.8) is 0 Å². The molecule has 146 valence electrons. The van der Waals surface area contributed by atoms with Crippen LogP contribution in [-0.2, 0) is 23.9 Å². The second kappa shape index (κ2) is 10.7. The highest BCUT2D eigenvalue weighted by Crippen LogP contribution is 2.12. The van der Waals surface area contributed by atoms with Gasteiger partial charge in [-0.3, -0.25) is 14.9 Å². The maximum Gasteiger partial charge on any atom is 0.331 e. The van der Waals surface area contributed by atoms with Gasteiger partial charge in [0.25, 0.3) is 11.6 Å². The molecule has 9 nitrogen and oxygen atoms in total. The zero-order chi connectivity index (χ0) is 20.4. The molecule has 0 unspecified atom stereocenters. The first-order valence-electron chi connectivity index (χ1n) is 8.19. The van der Waals surface area contributed by atoms with Crippen LogP contribution in [-0.4, -0.2) is 42.5 Å². The standard InChI is InChI=1S/C18H22N2O7/c1-12(2)10-15(18(23)26-3)19-16(21)11-27-17(22)9-6-13-4-7-14(8-5-13)20(24)25/h4-9,12,15H,10-11H2,1-3H3,(H,19,21)/b9-6+/t15-/m0/s1. The number of nitro groups is 1. The van der Waals surface area contributed by atoms with Gasteiger partial charge in [-0.25, -0.2) is 9.59 Å². The van der Waals surface area contributed by atoms with E-state index < -0.39 is 35.4 Å². The molecule has 0 aliphatic carbocycles.